The minimum Gasteiger partial charge on any atom is -0.384 e. The molecule has 0 atom stereocenters. The summed E-state index contributed by atoms with van der Waals surface area (Å²) in [5.41, 5.74) is 16.5. The zero-order valence-corrected chi connectivity index (χ0v) is 71.8. The lowest BCUT2D eigenvalue weighted by molar-refractivity contribution is 0.0973. The van der Waals surface area contributed by atoms with Gasteiger partial charge in [-0.15, -0.1) is 35.3 Å². The van der Waals surface area contributed by atoms with E-state index >= 15 is 0 Å². The van der Waals surface area contributed by atoms with Gasteiger partial charge in [0.1, 0.15) is 29.1 Å². The predicted molar refractivity (Wildman–Crippen MR) is 445 cm³/mol. The molecule has 0 aliphatic carbocycles. The van der Waals surface area contributed by atoms with E-state index in [-0.39, 0.29) is 131 Å². The highest BCUT2D eigenvalue weighted by atomic mass is 35.5. The highest BCUT2D eigenvalue weighted by Crippen LogP contribution is 2.34. The van der Waals surface area contributed by atoms with Gasteiger partial charge in [0.15, 0.2) is 85.7 Å². The third-order valence-electron chi connectivity index (χ3n) is 16.2. The number of thioether (sulfide) groups is 4. The van der Waals surface area contributed by atoms with E-state index in [4.69, 9.17) is 85.4 Å². The Morgan fingerprint density at radius 2 is 0.800 bits per heavy atom. The van der Waals surface area contributed by atoms with Crippen molar-refractivity contribution >= 4 is 148 Å². The summed E-state index contributed by atoms with van der Waals surface area (Å²) >= 11 is 28.2. The highest BCUT2D eigenvalue weighted by molar-refractivity contribution is 8.00. The van der Waals surface area contributed by atoms with Gasteiger partial charge in [0, 0.05) is 96.6 Å². The number of sulfone groups is 2. The van der Waals surface area contributed by atoms with E-state index in [2.05, 4.69) is 81.2 Å². The number of aliphatic imine (C=N–C) groups is 1. The van der Waals surface area contributed by atoms with Crippen molar-refractivity contribution in [1.29, 1.82) is 0 Å². The first kappa shape index (κ1) is 93.8. The number of halogens is 8. The summed E-state index contributed by atoms with van der Waals surface area (Å²) in [6, 6.07) is 24.3. The van der Waals surface area contributed by atoms with E-state index in [1.165, 1.54) is 126 Å². The molecule has 0 radical (unpaired) electrons. The molecule has 14 aromatic rings. The molecular formula is C72H59Cl4F4N21O18S6. The molecule has 0 bridgehead atoms. The summed E-state index contributed by atoms with van der Waals surface area (Å²) in [4.78, 5) is 89.5. The molecule has 652 valence electrons. The van der Waals surface area contributed by atoms with Crippen LogP contribution in [0, 0.1) is 23.3 Å². The Morgan fingerprint density at radius 1 is 0.456 bits per heavy atom. The number of nitrogens with one attached hydrogen (secondary N) is 1. The van der Waals surface area contributed by atoms with Gasteiger partial charge in [-0.1, -0.05) is 73.6 Å². The van der Waals surface area contributed by atoms with E-state index in [0.717, 1.165) is 50.5 Å². The van der Waals surface area contributed by atoms with Crippen LogP contribution in [0.5, 0.6) is 0 Å². The number of benzene rings is 4. The second kappa shape index (κ2) is 43.6. The van der Waals surface area contributed by atoms with Crippen molar-refractivity contribution in [3.05, 3.63) is 237 Å². The number of nitrogen functional groups attached to an aromatic ring is 1. The molecule has 10 aromatic heterocycles. The van der Waals surface area contributed by atoms with Gasteiger partial charge in [-0.3, -0.25) is 48.6 Å². The lowest BCUT2D eigenvalue weighted by atomic mass is 10.1. The fourth-order valence-electron chi connectivity index (χ4n) is 10.5. The van der Waals surface area contributed by atoms with Crippen LogP contribution in [0.1, 0.15) is 86.7 Å². The number of anilines is 1. The lowest BCUT2D eigenvalue weighted by Crippen LogP contribution is -2.21. The molecule has 53 heteroatoms. The maximum atomic E-state index is 13.5. The molecule has 0 saturated carbocycles. The minimum atomic E-state index is -3.21. The molecule has 0 saturated heterocycles. The zero-order valence-electron chi connectivity index (χ0n) is 63.9. The number of hydrogen-bond donors (Lipinski definition) is 4. The molecule has 0 unspecified atom stereocenters. The summed E-state index contributed by atoms with van der Waals surface area (Å²) in [7, 11) is -6.41. The summed E-state index contributed by atoms with van der Waals surface area (Å²) < 4.78 is 136. The Balaban J connectivity index is 0.000000164. The number of carbonyl (C=O) groups is 3. The molecule has 125 heavy (non-hydrogen) atoms. The number of carbonyl (C=O) groups excluding carboxylic acids is 3. The minimum absolute atomic E-state index is 0.0113. The van der Waals surface area contributed by atoms with Crippen molar-refractivity contribution in [2.45, 2.75) is 70.1 Å². The van der Waals surface area contributed by atoms with E-state index in [9.17, 15) is 68.4 Å². The summed E-state index contributed by atoms with van der Waals surface area (Å²) in [5, 5.41) is 51.7. The number of hydroxylamine groups is 1. The van der Waals surface area contributed by atoms with Crippen LogP contribution in [0.15, 0.2) is 199 Å². The summed E-state index contributed by atoms with van der Waals surface area (Å²) in [6.45, 7) is 0.427. The highest BCUT2D eigenvalue weighted by Gasteiger charge is 2.28. The van der Waals surface area contributed by atoms with Crippen LogP contribution in [-0.2, 0) is 31.2 Å². The zero-order chi connectivity index (χ0) is 89.7. The molecule has 39 nitrogen and oxygen atoms in total. The van der Waals surface area contributed by atoms with E-state index in [0.29, 0.717) is 109 Å². The second-order valence-electron chi connectivity index (χ2n) is 25.4. The van der Waals surface area contributed by atoms with Crippen molar-refractivity contribution in [1.82, 2.24) is 90.9 Å². The second-order valence-corrected chi connectivity index (χ2v) is 35.7. The Bertz CT molecular complexity index is 6640. The number of pyridine rings is 3. The van der Waals surface area contributed by atoms with Gasteiger partial charge in [0.2, 0.25) is 17.5 Å². The topological polar surface area (TPSA) is 555 Å². The van der Waals surface area contributed by atoms with E-state index < -0.39 is 60.2 Å². The first-order valence-electron chi connectivity index (χ1n) is 35.5. The normalized spacial score (nSPS) is 11.5. The van der Waals surface area contributed by atoms with Gasteiger partial charge in [0.05, 0.1) is 65.7 Å². The van der Waals surface area contributed by atoms with Crippen molar-refractivity contribution in [2.75, 3.05) is 47.8 Å². The van der Waals surface area contributed by atoms with Crippen LogP contribution in [-0.4, -0.2) is 173 Å². The van der Waals surface area contributed by atoms with Crippen LogP contribution < -0.4 is 34.2 Å². The van der Waals surface area contributed by atoms with E-state index in [1.54, 1.807) is 24.3 Å². The standard InChI is InChI=1S/C21H17ClFN5O6S2.C20H19ClFN5O5S2.C19H14ClFN6O4S.C12H9ClFN5O3S/c1-36(31,32)11-13-5-4-12(10-24-13)17(29)3-2-8-35-20-18(25-34-27-20)19-26-33-21(30)28(19)14-6-7-16(23)15(22)9-14;1-34(30,31)11-14-5-4-12(10-23-14)17(28)3-2-8-33-20-18(26-32-27-20)19(25-29)24-13-6-7-16(22)15(21)9-13;20-12-8-11(4-5-13(12)21)27-17(25-30-19(27)29)16-18(26-31-24-16)32-7-1-2-14(28)10-3-6-15(22)23-9-10;13-7-5-6(1-2-8(7)14)19-10(17-21-12(19)20)9-11(18-22-16-9)23-4-3-15/h4-7,9-10H,2-3,8,11H2,1H3;4-7,9-10,29H,2-3,8,11H2,1H3,(H,24,25);3-6,8-9H,1-2,7H2,(H2,22,23);1-2,5H,3-4,15H2. The van der Waals surface area contributed by atoms with Gasteiger partial charge in [-0.05, 0) is 170 Å². The van der Waals surface area contributed by atoms with Crippen LogP contribution in [0.25, 0.3) is 51.6 Å². The molecule has 4 aromatic carbocycles. The van der Waals surface area contributed by atoms with Crippen molar-refractivity contribution in [3.63, 3.8) is 0 Å². The summed E-state index contributed by atoms with van der Waals surface area (Å²) in [6.07, 6.45) is 8.64. The molecule has 0 fully saturated rings. The monoisotopic (exact) mass is 1910 g/mol. The molecule has 6 N–H and O–H groups in total. The predicted octanol–water partition coefficient (Wildman–Crippen LogP) is 12.1. The number of Topliss-reactive ketones (excluding diaryl/α,β-unsaturated/α-hetero) is 3. The van der Waals surface area contributed by atoms with Gasteiger partial charge >= 0.3 is 17.3 Å². The smallest absolute Gasteiger partial charge is 0.384 e. The SMILES string of the molecule is CS(=O)(=O)Cc1ccc(C(=O)CCCSc2nonc2-c2noc(=O)n2-c2ccc(F)c(Cl)c2)cn1.CS(=O)(=O)Cc1ccc(C(=O)CCCSc2nonc2C(=Nc2ccc(F)c(Cl)c2)NO)cn1.NCCSc1nonc1-c1noc(=O)n1-c1ccc(F)c(Cl)c1.Nc1ccc(C(=O)CCCSc2nonc2-c2noc(=O)n2-c2ccc(F)c(Cl)c2)cn1. The Labute approximate surface area is 736 Å². The molecule has 0 spiro atoms. The number of rotatable bonds is 33. The van der Waals surface area contributed by atoms with Crippen molar-refractivity contribution in [2.24, 2.45) is 10.7 Å². The Kier molecular flexibility index (Phi) is 32.7. The number of amidine groups is 1. The molecule has 14 rings (SSSR count). The quantitative estimate of drug-likeness (QED) is 0.00564. The van der Waals surface area contributed by atoms with Gasteiger partial charge in [-0.2, -0.15) is 0 Å². The molecule has 10 heterocycles. The number of ketones is 3. The van der Waals surface area contributed by atoms with Crippen LogP contribution in [0.3, 0.4) is 0 Å². The number of hydrogen-bond acceptors (Lipinski definition) is 39. The van der Waals surface area contributed by atoms with Crippen LogP contribution in [0.4, 0.5) is 29.1 Å². The van der Waals surface area contributed by atoms with Gasteiger partial charge in [0.25, 0.3) is 0 Å². The van der Waals surface area contributed by atoms with Crippen molar-refractivity contribution < 1.29 is 86.1 Å². The first-order valence-corrected chi connectivity index (χ1v) is 45.1. The number of aromatic nitrogens is 17. The average Bonchev–Trinajstić information content (AvgIpc) is 1.65. The maximum Gasteiger partial charge on any atom is 0.446 e. The Hall–Kier alpha value is -11.9. The largest absolute Gasteiger partial charge is 0.446 e. The summed E-state index contributed by atoms with van der Waals surface area (Å²) in [5.74, 6) is -3.29. The third kappa shape index (κ3) is 25.7. The average molecular weight is 1920 g/mol. The fourth-order valence-corrected chi connectivity index (χ4v) is 15.8. The molecule has 0 aliphatic heterocycles. The molecule has 0 aliphatic rings. The molecule has 0 amide bonds. The maximum absolute atomic E-state index is 13.5. The first-order chi connectivity index (χ1) is 59.8. The number of nitrogens with two attached hydrogens (primary N) is 2. The van der Waals surface area contributed by atoms with Crippen molar-refractivity contribution in [3.8, 4) is 51.6 Å². The lowest BCUT2D eigenvalue weighted by Gasteiger charge is -2.05. The van der Waals surface area contributed by atoms with Crippen LogP contribution >= 0.6 is 93.5 Å². The fraction of sp³-hybridized carbons (Fsp3) is 0.208. The van der Waals surface area contributed by atoms with Gasteiger partial charge in [-0.25, -0.2) is 91.0 Å². The Morgan fingerprint density at radius 3 is 1.14 bits per heavy atom. The van der Waals surface area contributed by atoms with Gasteiger partial charge < -0.3 is 11.5 Å². The number of nitrogens with zero attached hydrogens (tertiary/aromatic N) is 18. The van der Waals surface area contributed by atoms with Crippen LogP contribution in [0.2, 0.25) is 20.1 Å². The van der Waals surface area contributed by atoms with E-state index in [1.807, 2.05) is 5.48 Å². The third-order valence-corrected chi connectivity index (χ3v) is 23.1. The molecular weight excluding hydrogens is 1860 g/mol.